The number of ether oxygens (including phenoxy) is 1. The molecule has 0 aliphatic rings. The van der Waals surface area contributed by atoms with Crippen LogP contribution in [-0.4, -0.2) is 46.4 Å². The first-order chi connectivity index (χ1) is 12.8. The zero-order chi connectivity index (χ0) is 19.6. The lowest BCUT2D eigenvalue weighted by molar-refractivity contribution is 0.112. The van der Waals surface area contributed by atoms with Gasteiger partial charge < -0.3 is 4.74 Å². The fourth-order valence-corrected chi connectivity index (χ4v) is 4.44. The van der Waals surface area contributed by atoms with Crippen LogP contribution < -0.4 is 4.90 Å². The molecule has 3 rings (SSSR count). The van der Waals surface area contributed by atoms with Crippen molar-refractivity contribution < 1.29 is 9.53 Å². The molecule has 0 aromatic carbocycles. The maximum atomic E-state index is 11.1. The first-order valence-corrected chi connectivity index (χ1v) is 14.1. The fraction of sp³-hybridized carbons (Fsp3) is 0.412. The van der Waals surface area contributed by atoms with Gasteiger partial charge in [-0.1, -0.05) is 19.6 Å². The van der Waals surface area contributed by atoms with Crippen LogP contribution in [-0.2, 0) is 4.74 Å². The average molecular weight is 515 g/mol. The number of rotatable bonds is 8. The van der Waals surface area contributed by atoms with Gasteiger partial charge in [-0.2, -0.15) is 4.37 Å². The second kappa shape index (κ2) is 8.33. The summed E-state index contributed by atoms with van der Waals surface area (Å²) in [7, 11) is -1.17. The van der Waals surface area contributed by atoms with Gasteiger partial charge in [0.15, 0.2) is 17.8 Å². The molecule has 0 spiro atoms. The molecule has 144 valence electrons. The number of carbonyl (C=O) groups excluding carboxylic acids is 1. The van der Waals surface area contributed by atoms with Crippen molar-refractivity contribution in [2.75, 3.05) is 18.2 Å². The van der Waals surface area contributed by atoms with Crippen LogP contribution in [0.25, 0.3) is 5.65 Å². The largest absolute Gasteiger partial charge is 0.361 e. The summed E-state index contributed by atoms with van der Waals surface area (Å²) in [5.74, 6) is 0.701. The molecular formula is C17H22IN5O2SSi. The number of hydrogen-bond donors (Lipinski definition) is 0. The number of imidazole rings is 1. The van der Waals surface area contributed by atoms with Gasteiger partial charge in [-0.3, -0.25) is 14.1 Å². The Balaban J connectivity index is 1.95. The van der Waals surface area contributed by atoms with E-state index < -0.39 is 8.07 Å². The number of fused-ring (bicyclic) bond motifs is 1. The summed E-state index contributed by atoms with van der Waals surface area (Å²) < 4.78 is 13.2. The number of aryl methyl sites for hydroxylation is 1. The number of aromatic nitrogens is 4. The fourth-order valence-electron chi connectivity index (χ4n) is 2.47. The molecule has 3 aromatic rings. The highest BCUT2D eigenvalue weighted by Crippen LogP contribution is 2.31. The van der Waals surface area contributed by atoms with E-state index in [2.05, 4.69) is 51.6 Å². The van der Waals surface area contributed by atoms with Crippen molar-refractivity contribution in [1.82, 2.24) is 18.7 Å². The molecule has 0 atom stereocenters. The van der Waals surface area contributed by atoms with Crippen molar-refractivity contribution in [3.8, 4) is 0 Å². The van der Waals surface area contributed by atoms with E-state index in [4.69, 9.17) is 9.72 Å². The van der Waals surface area contributed by atoms with Crippen molar-refractivity contribution >= 4 is 64.9 Å². The minimum Gasteiger partial charge on any atom is -0.361 e. The Bertz CT molecular complexity index is 953. The topological polar surface area (TPSA) is 72.6 Å². The van der Waals surface area contributed by atoms with E-state index >= 15 is 0 Å². The molecule has 0 bridgehead atoms. The molecule has 0 saturated heterocycles. The summed E-state index contributed by atoms with van der Waals surface area (Å²) in [6.07, 6.45) is 4.53. The zero-order valence-corrected chi connectivity index (χ0v) is 19.7. The Morgan fingerprint density at radius 2 is 2.19 bits per heavy atom. The number of halogens is 1. The van der Waals surface area contributed by atoms with Gasteiger partial charge in [-0.25, -0.2) is 9.97 Å². The van der Waals surface area contributed by atoms with Gasteiger partial charge >= 0.3 is 0 Å². The molecule has 0 N–H and O–H groups in total. The van der Waals surface area contributed by atoms with Gasteiger partial charge in [-0.15, -0.1) is 0 Å². The lowest BCUT2D eigenvalue weighted by atomic mass is 10.4. The average Bonchev–Trinajstić information content (AvgIpc) is 3.21. The number of carbonyl (C=O) groups is 1. The normalized spacial score (nSPS) is 11.9. The Morgan fingerprint density at radius 3 is 2.85 bits per heavy atom. The summed E-state index contributed by atoms with van der Waals surface area (Å²) in [5, 5.41) is 0.808. The lowest BCUT2D eigenvalue weighted by Crippen LogP contribution is -2.26. The standard InChI is InChI=1S/C17H22IN5O2SSi/c1-12-9-22-14(18)8-19-16(22)17(20-12)23(11-25-5-6-27(2,3)4)15-7-13(10-24)21-26-15/h7-10H,5-6,11H2,1-4H3. The molecule has 0 fully saturated rings. The highest BCUT2D eigenvalue weighted by molar-refractivity contribution is 14.1. The summed E-state index contributed by atoms with van der Waals surface area (Å²) in [6.45, 7) is 9.95. The van der Waals surface area contributed by atoms with Gasteiger partial charge in [0.2, 0.25) is 0 Å². The van der Waals surface area contributed by atoms with Gasteiger partial charge in [0, 0.05) is 26.9 Å². The second-order valence-corrected chi connectivity index (χ2v) is 15.0. The lowest BCUT2D eigenvalue weighted by Gasteiger charge is -2.23. The third kappa shape index (κ3) is 4.92. The van der Waals surface area contributed by atoms with Crippen molar-refractivity contribution in [2.45, 2.75) is 32.6 Å². The van der Waals surface area contributed by atoms with E-state index in [0.29, 0.717) is 24.8 Å². The summed E-state index contributed by atoms with van der Waals surface area (Å²) in [5.41, 5.74) is 2.03. The van der Waals surface area contributed by atoms with E-state index in [1.807, 2.05) is 28.6 Å². The van der Waals surface area contributed by atoms with Crippen LogP contribution in [0.1, 0.15) is 16.2 Å². The minimum atomic E-state index is -1.17. The molecular weight excluding hydrogens is 493 g/mol. The van der Waals surface area contributed by atoms with Crippen molar-refractivity contribution in [2.24, 2.45) is 0 Å². The summed E-state index contributed by atoms with van der Waals surface area (Å²) >= 11 is 3.51. The quantitative estimate of drug-likeness (QED) is 0.146. The molecule has 0 aliphatic carbocycles. The van der Waals surface area contributed by atoms with Gasteiger partial charge in [0.25, 0.3) is 0 Å². The maximum absolute atomic E-state index is 11.1. The van der Waals surface area contributed by atoms with Gasteiger partial charge in [0.05, 0.1) is 11.9 Å². The summed E-state index contributed by atoms with van der Waals surface area (Å²) in [6, 6.07) is 2.84. The second-order valence-electron chi connectivity index (χ2n) is 7.46. The molecule has 7 nitrogen and oxygen atoms in total. The first kappa shape index (κ1) is 20.4. The molecule has 3 aromatic heterocycles. The highest BCUT2D eigenvalue weighted by Gasteiger charge is 2.21. The SMILES string of the molecule is Cc1cn2c(I)cnc2c(N(COCC[Si](C)(C)C)c2cc(C=O)ns2)n1. The third-order valence-corrected chi connectivity index (χ3v) is 7.25. The van der Waals surface area contributed by atoms with Crippen LogP contribution in [0.4, 0.5) is 10.8 Å². The van der Waals surface area contributed by atoms with E-state index in [0.717, 1.165) is 32.4 Å². The van der Waals surface area contributed by atoms with Gasteiger partial charge in [0.1, 0.15) is 21.1 Å². The minimum absolute atomic E-state index is 0.334. The molecule has 0 radical (unpaired) electrons. The Kier molecular flexibility index (Phi) is 6.28. The van der Waals surface area contributed by atoms with E-state index in [1.165, 1.54) is 11.5 Å². The summed E-state index contributed by atoms with van der Waals surface area (Å²) in [4.78, 5) is 22.3. The zero-order valence-electron chi connectivity index (χ0n) is 15.8. The van der Waals surface area contributed by atoms with Crippen LogP contribution in [0.5, 0.6) is 0 Å². The smallest absolute Gasteiger partial charge is 0.181 e. The Labute approximate surface area is 177 Å². The number of hydrogen-bond acceptors (Lipinski definition) is 7. The predicted octanol–water partition coefficient (Wildman–Crippen LogP) is 4.36. The molecule has 3 heterocycles. The van der Waals surface area contributed by atoms with Crippen LogP contribution in [0.3, 0.4) is 0 Å². The Morgan fingerprint density at radius 1 is 1.41 bits per heavy atom. The number of nitrogens with zero attached hydrogens (tertiary/aromatic N) is 5. The van der Waals surface area contributed by atoms with Crippen molar-refractivity contribution in [3.63, 3.8) is 0 Å². The van der Waals surface area contributed by atoms with Crippen molar-refractivity contribution in [1.29, 1.82) is 0 Å². The monoisotopic (exact) mass is 515 g/mol. The van der Waals surface area contributed by atoms with Gasteiger partial charge in [-0.05, 0) is 47.1 Å². The van der Waals surface area contributed by atoms with Crippen LogP contribution in [0.15, 0.2) is 18.5 Å². The first-order valence-electron chi connectivity index (χ1n) is 8.56. The van der Waals surface area contributed by atoms with Crippen LogP contribution in [0.2, 0.25) is 25.7 Å². The van der Waals surface area contributed by atoms with Crippen molar-refractivity contribution in [3.05, 3.63) is 33.5 Å². The third-order valence-electron chi connectivity index (χ3n) is 3.93. The molecule has 27 heavy (non-hydrogen) atoms. The van der Waals surface area contributed by atoms with Crippen LogP contribution >= 0.6 is 34.1 Å². The highest BCUT2D eigenvalue weighted by atomic mass is 127. The predicted molar refractivity (Wildman–Crippen MR) is 119 cm³/mol. The van der Waals surface area contributed by atoms with E-state index in [9.17, 15) is 4.79 Å². The van der Waals surface area contributed by atoms with Crippen LogP contribution in [0, 0.1) is 10.6 Å². The number of aldehydes is 1. The molecule has 0 unspecified atom stereocenters. The maximum Gasteiger partial charge on any atom is 0.181 e. The molecule has 0 saturated carbocycles. The van der Waals surface area contributed by atoms with E-state index in [-0.39, 0.29) is 0 Å². The molecule has 10 heteroatoms. The molecule has 0 amide bonds. The van der Waals surface area contributed by atoms with E-state index in [1.54, 1.807) is 6.07 Å². The Hall–Kier alpha value is -1.37. The number of anilines is 2. The molecule has 0 aliphatic heterocycles.